The van der Waals surface area contributed by atoms with E-state index in [9.17, 15) is 14.4 Å². The third kappa shape index (κ3) is 4.85. The number of hydroxylamine groups is 1. The largest absolute Gasteiger partial charge is 0.444 e. The summed E-state index contributed by atoms with van der Waals surface area (Å²) in [7, 11) is 0. The van der Waals surface area contributed by atoms with Gasteiger partial charge in [0.15, 0.2) is 0 Å². The van der Waals surface area contributed by atoms with Gasteiger partial charge in [0, 0.05) is 12.6 Å². The lowest BCUT2D eigenvalue weighted by Crippen LogP contribution is -2.52. The number of nitrogens with one attached hydrogen (secondary N) is 2. The van der Waals surface area contributed by atoms with Gasteiger partial charge in [-0.15, -0.1) is 0 Å². The minimum absolute atomic E-state index is 0.178. The fourth-order valence-corrected chi connectivity index (χ4v) is 2.23. The number of likely N-dealkylation sites (tertiary alicyclic amines) is 1. The second-order valence-corrected chi connectivity index (χ2v) is 6.35. The highest BCUT2D eigenvalue weighted by Gasteiger charge is 2.40. The molecule has 9 nitrogen and oxygen atoms in total. The summed E-state index contributed by atoms with van der Waals surface area (Å²) in [5.41, 5.74) is 6.61. The Morgan fingerprint density at radius 1 is 1.36 bits per heavy atom. The molecule has 1 aliphatic heterocycles. The molecule has 5 N–H and O–H groups in total. The topological polar surface area (TPSA) is 134 Å². The van der Waals surface area contributed by atoms with Crippen molar-refractivity contribution in [2.75, 3.05) is 6.54 Å². The van der Waals surface area contributed by atoms with Crippen molar-refractivity contribution in [1.82, 2.24) is 15.7 Å². The number of nitrogens with zero attached hydrogens (tertiary/aromatic N) is 1. The third-order valence-electron chi connectivity index (χ3n) is 3.13. The Balaban J connectivity index is 2.69. The van der Waals surface area contributed by atoms with E-state index in [4.69, 9.17) is 15.7 Å². The molecule has 0 bridgehead atoms. The lowest BCUT2D eigenvalue weighted by atomic mass is 10.1. The highest BCUT2D eigenvalue weighted by atomic mass is 16.6. The van der Waals surface area contributed by atoms with Gasteiger partial charge in [-0.1, -0.05) is 0 Å². The van der Waals surface area contributed by atoms with Crippen LogP contribution in [-0.4, -0.2) is 58.3 Å². The van der Waals surface area contributed by atoms with Gasteiger partial charge in [-0.3, -0.25) is 14.8 Å². The first-order valence-electron chi connectivity index (χ1n) is 7.04. The summed E-state index contributed by atoms with van der Waals surface area (Å²) < 4.78 is 5.07. The molecular weight excluding hydrogens is 292 g/mol. The molecule has 1 saturated heterocycles. The van der Waals surface area contributed by atoms with Crippen molar-refractivity contribution in [3.05, 3.63) is 0 Å². The van der Waals surface area contributed by atoms with Gasteiger partial charge in [0.25, 0.3) is 5.91 Å². The van der Waals surface area contributed by atoms with Gasteiger partial charge in [0.1, 0.15) is 17.7 Å². The first-order valence-corrected chi connectivity index (χ1v) is 7.04. The molecule has 126 valence electrons. The Hall–Kier alpha value is -1.87. The number of nitrogens with two attached hydrogens (primary N) is 1. The van der Waals surface area contributed by atoms with Crippen LogP contribution >= 0.6 is 0 Å². The molecule has 0 aromatic heterocycles. The van der Waals surface area contributed by atoms with E-state index in [0.29, 0.717) is 0 Å². The molecule has 0 unspecified atom stereocenters. The van der Waals surface area contributed by atoms with Gasteiger partial charge >= 0.3 is 6.09 Å². The molecule has 0 aromatic rings. The molecule has 22 heavy (non-hydrogen) atoms. The maximum absolute atomic E-state index is 12.4. The van der Waals surface area contributed by atoms with E-state index in [0.717, 1.165) is 0 Å². The van der Waals surface area contributed by atoms with Crippen LogP contribution in [0.2, 0.25) is 0 Å². The molecule has 0 radical (unpaired) electrons. The van der Waals surface area contributed by atoms with Crippen molar-refractivity contribution in [1.29, 1.82) is 0 Å². The number of carbonyl (C=O) groups excluding carboxylic acids is 3. The second-order valence-electron chi connectivity index (χ2n) is 6.35. The normalized spacial score (nSPS) is 22.9. The maximum atomic E-state index is 12.4. The highest BCUT2D eigenvalue weighted by Crippen LogP contribution is 2.18. The zero-order valence-corrected chi connectivity index (χ0v) is 13.3. The number of alkyl carbamates (subject to hydrolysis) is 1. The van der Waals surface area contributed by atoms with Crippen molar-refractivity contribution in [2.24, 2.45) is 5.73 Å². The second kappa shape index (κ2) is 6.93. The highest BCUT2D eigenvalue weighted by molar-refractivity contribution is 5.91. The van der Waals surface area contributed by atoms with E-state index in [2.05, 4.69) is 5.32 Å². The number of carbonyl (C=O) groups is 3. The van der Waals surface area contributed by atoms with Gasteiger partial charge in [-0.05, 0) is 34.1 Å². The van der Waals surface area contributed by atoms with Gasteiger partial charge < -0.3 is 20.7 Å². The standard InChI is InChI=1S/C13H24N4O5/c1-7(15-12(20)22-13(2,3)4)11(19)17-6-8(14)5-9(17)10(18)16-21/h7-9,21H,5-6,14H2,1-4H3,(H,15,20)(H,16,18)/t7-,8-,9-/m0/s1. The summed E-state index contributed by atoms with van der Waals surface area (Å²) in [6.45, 7) is 6.79. The van der Waals surface area contributed by atoms with Crippen LogP contribution < -0.4 is 16.5 Å². The SMILES string of the molecule is C[C@H](NC(=O)OC(C)(C)C)C(=O)N1C[C@@H](N)C[C@H]1C(=O)NO. The summed E-state index contributed by atoms with van der Waals surface area (Å²) >= 11 is 0. The minimum Gasteiger partial charge on any atom is -0.444 e. The number of ether oxygens (including phenoxy) is 1. The van der Waals surface area contributed by atoms with E-state index in [-0.39, 0.29) is 19.0 Å². The molecule has 1 rings (SSSR count). The van der Waals surface area contributed by atoms with E-state index in [1.165, 1.54) is 17.3 Å². The summed E-state index contributed by atoms with van der Waals surface area (Å²) in [4.78, 5) is 36.9. The van der Waals surface area contributed by atoms with E-state index < -0.39 is 35.6 Å². The van der Waals surface area contributed by atoms with Gasteiger partial charge in [0.05, 0.1) is 0 Å². The summed E-state index contributed by atoms with van der Waals surface area (Å²) in [5, 5.41) is 11.1. The molecule has 1 fully saturated rings. The Bertz CT molecular complexity index is 448. The minimum atomic E-state index is -0.880. The predicted molar refractivity (Wildman–Crippen MR) is 76.9 cm³/mol. The fourth-order valence-electron chi connectivity index (χ4n) is 2.23. The third-order valence-corrected chi connectivity index (χ3v) is 3.13. The van der Waals surface area contributed by atoms with Crippen LogP contribution in [-0.2, 0) is 14.3 Å². The Morgan fingerprint density at radius 3 is 2.45 bits per heavy atom. The van der Waals surface area contributed by atoms with Crippen LogP contribution in [0.3, 0.4) is 0 Å². The Labute approximate surface area is 129 Å². The Kier molecular flexibility index (Phi) is 5.72. The van der Waals surface area contributed by atoms with Crippen LogP contribution in [0.4, 0.5) is 4.79 Å². The fraction of sp³-hybridized carbons (Fsp3) is 0.769. The molecule has 1 aliphatic rings. The Morgan fingerprint density at radius 2 is 1.95 bits per heavy atom. The monoisotopic (exact) mass is 316 g/mol. The number of amides is 3. The molecule has 3 atom stereocenters. The maximum Gasteiger partial charge on any atom is 0.408 e. The summed E-state index contributed by atoms with van der Waals surface area (Å²) in [6.07, 6.45) is -0.475. The molecule has 1 heterocycles. The van der Waals surface area contributed by atoms with E-state index in [1.54, 1.807) is 20.8 Å². The van der Waals surface area contributed by atoms with Crippen molar-refractivity contribution in [3.8, 4) is 0 Å². The predicted octanol–water partition coefficient (Wildman–Crippen LogP) is -0.667. The van der Waals surface area contributed by atoms with Crippen LogP contribution in [0.5, 0.6) is 0 Å². The number of hydrogen-bond acceptors (Lipinski definition) is 6. The van der Waals surface area contributed by atoms with Crippen molar-refractivity contribution in [3.63, 3.8) is 0 Å². The molecule has 0 aliphatic carbocycles. The summed E-state index contributed by atoms with van der Waals surface area (Å²) in [6, 6.07) is -2.09. The van der Waals surface area contributed by atoms with Crippen molar-refractivity contribution >= 4 is 17.9 Å². The van der Waals surface area contributed by atoms with Crippen LogP contribution in [0, 0.1) is 0 Å². The lowest BCUT2D eigenvalue weighted by molar-refractivity contribution is -0.143. The molecule has 9 heteroatoms. The smallest absolute Gasteiger partial charge is 0.408 e. The van der Waals surface area contributed by atoms with E-state index in [1.807, 2.05) is 0 Å². The molecule has 0 spiro atoms. The van der Waals surface area contributed by atoms with Crippen LogP contribution in [0.25, 0.3) is 0 Å². The summed E-state index contributed by atoms with van der Waals surface area (Å²) in [5.74, 6) is -1.17. The van der Waals surface area contributed by atoms with Gasteiger partial charge in [-0.25, -0.2) is 10.3 Å². The molecular formula is C13H24N4O5. The average Bonchev–Trinajstić information content (AvgIpc) is 2.76. The lowest BCUT2D eigenvalue weighted by Gasteiger charge is -2.27. The van der Waals surface area contributed by atoms with Crippen molar-refractivity contribution < 1.29 is 24.3 Å². The first-order chi connectivity index (χ1) is 10.0. The van der Waals surface area contributed by atoms with Crippen molar-refractivity contribution in [2.45, 2.75) is 57.8 Å². The number of rotatable bonds is 3. The number of hydrogen-bond donors (Lipinski definition) is 4. The van der Waals surface area contributed by atoms with Gasteiger partial charge in [0.2, 0.25) is 5.91 Å². The quantitative estimate of drug-likeness (QED) is 0.403. The van der Waals surface area contributed by atoms with Gasteiger partial charge in [-0.2, -0.15) is 0 Å². The molecule has 0 saturated carbocycles. The van der Waals surface area contributed by atoms with E-state index >= 15 is 0 Å². The average molecular weight is 316 g/mol. The molecule has 0 aromatic carbocycles. The first kappa shape index (κ1) is 18.2. The zero-order chi connectivity index (χ0) is 17.1. The van der Waals surface area contributed by atoms with Crippen LogP contribution in [0.1, 0.15) is 34.1 Å². The molecule has 3 amide bonds. The van der Waals surface area contributed by atoms with Crippen LogP contribution in [0.15, 0.2) is 0 Å². The zero-order valence-electron chi connectivity index (χ0n) is 13.3.